The minimum Gasteiger partial charge on any atom is -0.478 e. The molecule has 0 radical (unpaired) electrons. The zero-order valence-corrected chi connectivity index (χ0v) is 16.9. The van der Waals surface area contributed by atoms with Crippen molar-refractivity contribution in [2.75, 3.05) is 32.7 Å². The Kier molecular flexibility index (Phi) is 6.55. The Hall–Kier alpha value is -1.44. The van der Waals surface area contributed by atoms with E-state index in [2.05, 4.69) is 4.90 Å². The van der Waals surface area contributed by atoms with E-state index in [1.807, 2.05) is 0 Å². The Bertz CT molecular complexity index is 772. The monoisotopic (exact) mass is 394 g/mol. The quantitative estimate of drug-likeness (QED) is 0.831. The molecule has 150 valence electrons. The van der Waals surface area contributed by atoms with Gasteiger partial charge < -0.3 is 10.0 Å². The molecule has 6 nitrogen and oxygen atoms in total. The SMILES string of the molecule is Cc1ccc(S(=O)(=O)N2CCCN(CC3CCCCC3)CC2)cc1C(=O)O. The molecule has 3 rings (SSSR count). The summed E-state index contributed by atoms with van der Waals surface area (Å²) in [6.07, 6.45) is 7.37. The molecule has 1 aliphatic carbocycles. The lowest BCUT2D eigenvalue weighted by atomic mass is 9.89. The predicted octanol–water partition coefficient (Wildman–Crippen LogP) is 2.97. The van der Waals surface area contributed by atoms with Crippen molar-refractivity contribution in [3.05, 3.63) is 29.3 Å². The van der Waals surface area contributed by atoms with Crippen molar-refractivity contribution in [3.63, 3.8) is 0 Å². The van der Waals surface area contributed by atoms with Crippen LogP contribution in [0.5, 0.6) is 0 Å². The number of hydrogen-bond donors (Lipinski definition) is 1. The first-order chi connectivity index (χ1) is 12.9. The Balaban J connectivity index is 1.68. The summed E-state index contributed by atoms with van der Waals surface area (Å²) in [5.41, 5.74) is 0.612. The van der Waals surface area contributed by atoms with E-state index in [-0.39, 0.29) is 10.5 Å². The Morgan fingerprint density at radius 2 is 1.81 bits per heavy atom. The molecule has 0 unspecified atom stereocenters. The van der Waals surface area contributed by atoms with Crippen LogP contribution >= 0.6 is 0 Å². The number of rotatable bonds is 5. The second-order valence-electron chi connectivity index (χ2n) is 7.84. The van der Waals surface area contributed by atoms with Gasteiger partial charge in [-0.25, -0.2) is 13.2 Å². The molecule has 1 saturated heterocycles. The van der Waals surface area contributed by atoms with Gasteiger partial charge in [-0.2, -0.15) is 4.31 Å². The summed E-state index contributed by atoms with van der Waals surface area (Å²) in [6.45, 7) is 5.37. The zero-order valence-electron chi connectivity index (χ0n) is 16.1. The van der Waals surface area contributed by atoms with Crippen LogP contribution in [0.15, 0.2) is 23.1 Å². The Morgan fingerprint density at radius 3 is 2.52 bits per heavy atom. The van der Waals surface area contributed by atoms with Crippen LogP contribution < -0.4 is 0 Å². The lowest BCUT2D eigenvalue weighted by Gasteiger charge is -2.28. The van der Waals surface area contributed by atoms with Crippen LogP contribution in [0.1, 0.15) is 54.4 Å². The van der Waals surface area contributed by atoms with Crippen LogP contribution in [0.2, 0.25) is 0 Å². The molecule has 2 fully saturated rings. The summed E-state index contributed by atoms with van der Waals surface area (Å²) in [7, 11) is -3.67. The molecule has 0 atom stereocenters. The van der Waals surface area contributed by atoms with E-state index in [9.17, 15) is 18.3 Å². The van der Waals surface area contributed by atoms with Gasteiger partial charge in [0.2, 0.25) is 10.0 Å². The summed E-state index contributed by atoms with van der Waals surface area (Å²) < 4.78 is 27.6. The van der Waals surface area contributed by atoms with Crippen molar-refractivity contribution >= 4 is 16.0 Å². The standard InChI is InChI=1S/C20H30N2O4S/c1-16-8-9-18(14-19(16)20(23)24)27(25,26)22-11-5-10-21(12-13-22)15-17-6-3-2-4-7-17/h8-9,14,17H,2-7,10-13,15H2,1H3,(H,23,24). The Labute approximate surface area is 162 Å². The maximum atomic E-state index is 13.0. The number of carboxylic acid groups (broad SMARTS) is 1. The molecule has 1 heterocycles. The fraction of sp³-hybridized carbons (Fsp3) is 0.650. The maximum Gasteiger partial charge on any atom is 0.335 e. The summed E-state index contributed by atoms with van der Waals surface area (Å²) in [6, 6.07) is 4.38. The molecule has 0 aromatic heterocycles. The molecule has 7 heteroatoms. The number of hydrogen-bond acceptors (Lipinski definition) is 4. The number of benzene rings is 1. The minimum absolute atomic E-state index is 0.0461. The maximum absolute atomic E-state index is 13.0. The summed E-state index contributed by atoms with van der Waals surface area (Å²) in [5.74, 6) is -0.351. The number of aryl methyl sites for hydroxylation is 1. The van der Waals surface area contributed by atoms with Crippen molar-refractivity contribution < 1.29 is 18.3 Å². The van der Waals surface area contributed by atoms with Crippen LogP contribution in [0.3, 0.4) is 0 Å². The van der Waals surface area contributed by atoms with Crippen LogP contribution in [0.25, 0.3) is 0 Å². The highest BCUT2D eigenvalue weighted by molar-refractivity contribution is 7.89. The smallest absolute Gasteiger partial charge is 0.335 e. The van der Waals surface area contributed by atoms with Gasteiger partial charge in [-0.05, 0) is 56.3 Å². The number of sulfonamides is 1. The van der Waals surface area contributed by atoms with E-state index >= 15 is 0 Å². The third-order valence-corrected chi connectivity index (χ3v) is 7.76. The summed E-state index contributed by atoms with van der Waals surface area (Å²) >= 11 is 0. The van der Waals surface area contributed by atoms with E-state index in [4.69, 9.17) is 0 Å². The largest absolute Gasteiger partial charge is 0.478 e. The van der Waals surface area contributed by atoms with Crippen molar-refractivity contribution in [2.45, 2.75) is 50.3 Å². The van der Waals surface area contributed by atoms with Crippen molar-refractivity contribution in [1.82, 2.24) is 9.21 Å². The fourth-order valence-electron chi connectivity index (χ4n) is 4.25. The molecule has 1 aromatic carbocycles. The van der Waals surface area contributed by atoms with Crippen molar-refractivity contribution in [2.24, 2.45) is 5.92 Å². The van der Waals surface area contributed by atoms with E-state index in [1.54, 1.807) is 13.0 Å². The molecule has 0 bridgehead atoms. The second kappa shape index (κ2) is 8.71. The fourth-order valence-corrected chi connectivity index (χ4v) is 5.74. The number of carbonyl (C=O) groups is 1. The van der Waals surface area contributed by atoms with Gasteiger partial charge in [0.1, 0.15) is 0 Å². The molecule has 0 amide bonds. The number of aromatic carboxylic acids is 1. The third-order valence-electron chi connectivity index (χ3n) is 5.87. The van der Waals surface area contributed by atoms with E-state index in [1.165, 1.54) is 48.5 Å². The van der Waals surface area contributed by atoms with E-state index in [0.717, 1.165) is 32.0 Å². The molecule has 1 saturated carbocycles. The zero-order chi connectivity index (χ0) is 19.4. The van der Waals surface area contributed by atoms with Crippen LogP contribution in [-0.2, 0) is 10.0 Å². The first kappa shape index (κ1) is 20.3. The summed E-state index contributed by atoms with van der Waals surface area (Å²) in [4.78, 5) is 13.8. The highest BCUT2D eigenvalue weighted by Crippen LogP contribution is 2.26. The first-order valence-corrected chi connectivity index (χ1v) is 11.4. The van der Waals surface area contributed by atoms with Gasteiger partial charge in [-0.1, -0.05) is 25.3 Å². The topological polar surface area (TPSA) is 77.9 Å². The summed E-state index contributed by atoms with van der Waals surface area (Å²) in [5, 5.41) is 9.29. The lowest BCUT2D eigenvalue weighted by molar-refractivity contribution is 0.0696. The lowest BCUT2D eigenvalue weighted by Crippen LogP contribution is -2.37. The average molecular weight is 395 g/mol. The Morgan fingerprint density at radius 1 is 1.07 bits per heavy atom. The van der Waals surface area contributed by atoms with Crippen molar-refractivity contribution in [1.29, 1.82) is 0 Å². The average Bonchev–Trinajstić information content (AvgIpc) is 2.88. The van der Waals surface area contributed by atoms with Crippen LogP contribution in [0, 0.1) is 12.8 Å². The van der Waals surface area contributed by atoms with Gasteiger partial charge >= 0.3 is 5.97 Å². The molecular weight excluding hydrogens is 364 g/mol. The van der Waals surface area contributed by atoms with Crippen LogP contribution in [0.4, 0.5) is 0 Å². The van der Waals surface area contributed by atoms with Gasteiger partial charge in [0, 0.05) is 26.2 Å². The molecule has 2 aliphatic rings. The minimum atomic E-state index is -3.67. The molecule has 1 N–H and O–H groups in total. The van der Waals surface area contributed by atoms with Gasteiger partial charge in [-0.15, -0.1) is 0 Å². The first-order valence-electron chi connectivity index (χ1n) is 9.94. The van der Waals surface area contributed by atoms with E-state index in [0.29, 0.717) is 18.7 Å². The van der Waals surface area contributed by atoms with Gasteiger partial charge in [-0.3, -0.25) is 0 Å². The highest BCUT2D eigenvalue weighted by atomic mass is 32.2. The third kappa shape index (κ3) is 4.89. The molecule has 1 aliphatic heterocycles. The van der Waals surface area contributed by atoms with Crippen molar-refractivity contribution in [3.8, 4) is 0 Å². The number of carboxylic acids is 1. The van der Waals surface area contributed by atoms with Gasteiger partial charge in [0.05, 0.1) is 10.5 Å². The highest BCUT2D eigenvalue weighted by Gasteiger charge is 2.28. The molecular formula is C20H30N2O4S. The second-order valence-corrected chi connectivity index (χ2v) is 9.78. The number of nitrogens with zero attached hydrogens (tertiary/aromatic N) is 2. The van der Waals surface area contributed by atoms with Crippen LogP contribution in [-0.4, -0.2) is 61.4 Å². The molecule has 27 heavy (non-hydrogen) atoms. The molecule has 0 spiro atoms. The van der Waals surface area contributed by atoms with Gasteiger partial charge in [0.25, 0.3) is 0 Å². The predicted molar refractivity (Wildman–Crippen MR) is 105 cm³/mol. The molecule has 1 aromatic rings. The normalized spacial score (nSPS) is 21.1. The van der Waals surface area contributed by atoms with Gasteiger partial charge in [0.15, 0.2) is 0 Å². The van der Waals surface area contributed by atoms with E-state index < -0.39 is 16.0 Å².